The molecule has 2 amide bonds. The summed E-state index contributed by atoms with van der Waals surface area (Å²) >= 11 is 1.30. The molecule has 0 saturated carbocycles. The number of pyridine rings is 2. The fraction of sp³-hybridized carbons (Fsp3) is 0.462. The number of nitrogens with two attached hydrogens (primary N) is 1. The first-order valence-corrected chi connectivity index (χ1v) is 13.2. The van der Waals surface area contributed by atoms with Gasteiger partial charge in [0.2, 0.25) is 0 Å². The van der Waals surface area contributed by atoms with Crippen LogP contribution in [0, 0.1) is 6.92 Å². The molecule has 3 N–H and O–H groups in total. The molecule has 0 aromatic carbocycles. The monoisotopic (exact) mass is 524 g/mol. The molecule has 5 rings (SSSR count). The molecule has 0 radical (unpaired) electrons. The number of anilines is 2. The predicted molar refractivity (Wildman–Crippen MR) is 143 cm³/mol. The summed E-state index contributed by atoms with van der Waals surface area (Å²) in [4.78, 5) is 39.5. The smallest absolute Gasteiger partial charge is 0.410 e. The van der Waals surface area contributed by atoms with Gasteiger partial charge in [0.1, 0.15) is 33.5 Å². The number of fused-ring (bicyclic) bond motifs is 2. The molecule has 1 atom stereocenters. The fourth-order valence-corrected chi connectivity index (χ4v) is 5.52. The van der Waals surface area contributed by atoms with Crippen LogP contribution in [-0.4, -0.2) is 71.3 Å². The maximum atomic E-state index is 13.0. The van der Waals surface area contributed by atoms with Crippen molar-refractivity contribution in [2.24, 2.45) is 0 Å². The second-order valence-corrected chi connectivity index (χ2v) is 11.4. The number of nitrogen functional groups attached to an aromatic ring is 1. The molecular formula is C26H32N6O4S. The zero-order valence-electron chi connectivity index (χ0n) is 21.5. The van der Waals surface area contributed by atoms with E-state index >= 15 is 0 Å². The van der Waals surface area contributed by atoms with Crippen molar-refractivity contribution in [3.63, 3.8) is 0 Å². The van der Waals surface area contributed by atoms with Gasteiger partial charge in [0, 0.05) is 61.5 Å². The first-order chi connectivity index (χ1) is 17.6. The largest absolute Gasteiger partial charge is 0.491 e. The van der Waals surface area contributed by atoms with Gasteiger partial charge in [-0.05, 0) is 39.8 Å². The number of amides is 2. The molecule has 1 fully saturated rings. The number of hydrogen-bond acceptors (Lipinski definition) is 9. The van der Waals surface area contributed by atoms with E-state index in [4.69, 9.17) is 15.2 Å². The molecule has 37 heavy (non-hydrogen) atoms. The Hall–Kier alpha value is -3.60. The Labute approximate surface area is 219 Å². The number of nitrogens with one attached hydrogen (secondary N) is 1. The quantitative estimate of drug-likeness (QED) is 0.535. The third kappa shape index (κ3) is 5.41. The summed E-state index contributed by atoms with van der Waals surface area (Å²) in [5.41, 5.74) is 8.02. The van der Waals surface area contributed by atoms with Gasteiger partial charge in [-0.25, -0.2) is 14.8 Å². The highest BCUT2D eigenvalue weighted by Gasteiger charge is 2.28. The van der Waals surface area contributed by atoms with Crippen LogP contribution >= 0.6 is 11.3 Å². The maximum Gasteiger partial charge on any atom is 0.410 e. The van der Waals surface area contributed by atoms with E-state index in [1.54, 1.807) is 4.90 Å². The average Bonchev–Trinajstić information content (AvgIpc) is 3.18. The second-order valence-electron chi connectivity index (χ2n) is 10.4. The lowest BCUT2D eigenvalue weighted by Gasteiger charge is -2.36. The molecule has 2 aliphatic rings. The molecule has 196 valence electrons. The van der Waals surface area contributed by atoms with Gasteiger partial charge < -0.3 is 30.3 Å². The second kappa shape index (κ2) is 9.70. The molecule has 0 bridgehead atoms. The van der Waals surface area contributed by atoms with Crippen molar-refractivity contribution in [2.75, 3.05) is 43.4 Å². The highest BCUT2D eigenvalue weighted by atomic mass is 32.1. The van der Waals surface area contributed by atoms with E-state index in [2.05, 4.69) is 20.2 Å². The number of aromatic nitrogens is 2. The Morgan fingerprint density at radius 3 is 2.70 bits per heavy atom. The number of rotatable bonds is 3. The highest BCUT2D eigenvalue weighted by Crippen LogP contribution is 2.33. The van der Waals surface area contributed by atoms with E-state index in [0.29, 0.717) is 49.8 Å². The number of hydrogen-bond donors (Lipinski definition) is 2. The van der Waals surface area contributed by atoms with Crippen LogP contribution < -0.4 is 20.7 Å². The summed E-state index contributed by atoms with van der Waals surface area (Å²) in [6, 6.07) is 5.54. The minimum atomic E-state index is -0.510. The van der Waals surface area contributed by atoms with Gasteiger partial charge in [-0.1, -0.05) is 0 Å². The molecule has 5 heterocycles. The van der Waals surface area contributed by atoms with Crippen LogP contribution in [0.25, 0.3) is 10.2 Å². The molecule has 1 saturated heterocycles. The van der Waals surface area contributed by atoms with Gasteiger partial charge in [-0.2, -0.15) is 0 Å². The minimum absolute atomic E-state index is 0.190. The topological polar surface area (TPSA) is 123 Å². The fourth-order valence-electron chi connectivity index (χ4n) is 4.48. The third-order valence-electron chi connectivity index (χ3n) is 6.37. The van der Waals surface area contributed by atoms with E-state index in [1.807, 2.05) is 52.1 Å². The first kappa shape index (κ1) is 25.1. The van der Waals surface area contributed by atoms with Gasteiger partial charge in [-0.3, -0.25) is 4.79 Å². The van der Waals surface area contributed by atoms with Crippen molar-refractivity contribution in [1.82, 2.24) is 20.2 Å². The van der Waals surface area contributed by atoms with Crippen LogP contribution in [0.4, 0.5) is 16.3 Å². The van der Waals surface area contributed by atoms with Crippen molar-refractivity contribution in [3.05, 3.63) is 40.5 Å². The van der Waals surface area contributed by atoms with Crippen LogP contribution in [0.2, 0.25) is 0 Å². The van der Waals surface area contributed by atoms with Crippen molar-refractivity contribution in [2.45, 2.75) is 45.8 Å². The minimum Gasteiger partial charge on any atom is -0.491 e. The van der Waals surface area contributed by atoms with Crippen molar-refractivity contribution >= 4 is 45.1 Å². The van der Waals surface area contributed by atoms with Crippen molar-refractivity contribution < 1.29 is 19.1 Å². The van der Waals surface area contributed by atoms with E-state index in [9.17, 15) is 9.59 Å². The van der Waals surface area contributed by atoms with E-state index in [-0.39, 0.29) is 18.0 Å². The average molecular weight is 525 g/mol. The Morgan fingerprint density at radius 1 is 1.22 bits per heavy atom. The predicted octanol–water partition coefficient (Wildman–Crippen LogP) is 3.37. The van der Waals surface area contributed by atoms with E-state index < -0.39 is 5.60 Å². The maximum absolute atomic E-state index is 13.0. The summed E-state index contributed by atoms with van der Waals surface area (Å²) in [5, 5.41) is 3.85. The number of carbonyl (C=O) groups is 2. The lowest BCUT2D eigenvalue weighted by atomic mass is 10.0. The zero-order chi connectivity index (χ0) is 26.3. The number of aryl methyl sites for hydroxylation is 1. The Bertz CT molecular complexity index is 1340. The van der Waals surface area contributed by atoms with Gasteiger partial charge in [0.05, 0.1) is 11.7 Å². The Balaban J connectivity index is 1.19. The van der Waals surface area contributed by atoms with Crippen molar-refractivity contribution in [1.29, 1.82) is 0 Å². The summed E-state index contributed by atoms with van der Waals surface area (Å²) < 4.78 is 11.5. The van der Waals surface area contributed by atoms with E-state index in [0.717, 1.165) is 33.0 Å². The van der Waals surface area contributed by atoms with Crippen LogP contribution in [0.3, 0.4) is 0 Å². The molecule has 10 nitrogen and oxygen atoms in total. The summed E-state index contributed by atoms with van der Waals surface area (Å²) in [5.74, 6) is 1.36. The summed E-state index contributed by atoms with van der Waals surface area (Å²) in [7, 11) is 0. The summed E-state index contributed by atoms with van der Waals surface area (Å²) in [6.07, 6.45) is 2.14. The molecule has 11 heteroatoms. The molecule has 2 aliphatic heterocycles. The van der Waals surface area contributed by atoms with Gasteiger partial charge in [-0.15, -0.1) is 11.3 Å². The highest BCUT2D eigenvalue weighted by molar-refractivity contribution is 7.21. The normalized spacial score (nSPS) is 17.8. The SMILES string of the molecule is Cc1ccc2c(N)c(C(=O)N[C@H]3COc4cc(N5CCN(C(=O)OC(C)(C)C)CC5)ncc4C3)sc2n1. The van der Waals surface area contributed by atoms with E-state index in [1.165, 1.54) is 11.3 Å². The number of carbonyl (C=O) groups excluding carboxylic acids is 2. The van der Waals surface area contributed by atoms with Gasteiger partial charge >= 0.3 is 6.09 Å². The molecular weight excluding hydrogens is 492 g/mol. The van der Waals surface area contributed by atoms with Crippen LogP contribution in [-0.2, 0) is 11.2 Å². The standard InChI is InChI=1S/C26H32N6O4S/c1-15-5-6-18-21(27)22(37-24(18)29-15)23(33)30-17-11-16-13-28-20(12-19(16)35-14-17)31-7-9-32(10-8-31)25(34)36-26(2,3)4/h5-6,12-13,17H,7-11,14,27H2,1-4H3,(H,30,33)/t17-/m1/s1. The van der Waals surface area contributed by atoms with Crippen LogP contribution in [0.1, 0.15) is 41.7 Å². The first-order valence-electron chi connectivity index (χ1n) is 12.4. The van der Waals surface area contributed by atoms with Crippen LogP contribution in [0.15, 0.2) is 24.4 Å². The Kier molecular flexibility index (Phi) is 6.57. The van der Waals surface area contributed by atoms with Crippen molar-refractivity contribution in [3.8, 4) is 5.75 Å². The Morgan fingerprint density at radius 2 is 1.97 bits per heavy atom. The number of nitrogens with zero attached hydrogens (tertiary/aromatic N) is 4. The molecule has 3 aromatic heterocycles. The lowest BCUT2D eigenvalue weighted by molar-refractivity contribution is 0.0240. The molecule has 0 aliphatic carbocycles. The molecule has 0 unspecified atom stereocenters. The number of ether oxygens (including phenoxy) is 2. The third-order valence-corrected chi connectivity index (χ3v) is 7.48. The van der Waals surface area contributed by atoms with Gasteiger partial charge in [0.25, 0.3) is 5.91 Å². The van der Waals surface area contributed by atoms with Gasteiger partial charge in [0.15, 0.2) is 0 Å². The number of thiophene rings is 1. The summed E-state index contributed by atoms with van der Waals surface area (Å²) in [6.45, 7) is 10.3. The number of piperazine rings is 1. The molecule has 3 aromatic rings. The molecule has 0 spiro atoms. The lowest BCUT2D eigenvalue weighted by Crippen LogP contribution is -2.50. The van der Waals surface area contributed by atoms with Crippen LogP contribution in [0.5, 0.6) is 5.75 Å². The zero-order valence-corrected chi connectivity index (χ0v) is 22.4.